The fourth-order valence-corrected chi connectivity index (χ4v) is 3.34. The first-order chi connectivity index (χ1) is 11.7. The van der Waals surface area contributed by atoms with Crippen LogP contribution in [0.1, 0.15) is 26.5 Å². The highest BCUT2D eigenvalue weighted by atomic mass is 79.9. The smallest absolute Gasteiger partial charge is 0.410 e. The molecule has 6 nitrogen and oxygen atoms in total. The van der Waals surface area contributed by atoms with Gasteiger partial charge in [-0.15, -0.1) is 5.10 Å². The Balaban J connectivity index is 1.78. The van der Waals surface area contributed by atoms with Gasteiger partial charge in [0.2, 0.25) is 0 Å². The second-order valence-electron chi connectivity index (χ2n) is 7.27. The molecule has 1 fully saturated rings. The van der Waals surface area contributed by atoms with E-state index in [1.807, 2.05) is 33.8 Å². The Morgan fingerprint density at radius 1 is 1.16 bits per heavy atom. The quantitative estimate of drug-likeness (QED) is 0.721. The van der Waals surface area contributed by atoms with E-state index in [0.717, 1.165) is 39.8 Å². The Hall–Kier alpha value is -1.89. The summed E-state index contributed by atoms with van der Waals surface area (Å²) in [5, 5.41) is 9.54. The molecule has 25 heavy (non-hydrogen) atoms. The maximum absolute atomic E-state index is 12.2. The van der Waals surface area contributed by atoms with Crippen molar-refractivity contribution in [2.75, 3.05) is 31.1 Å². The predicted octanol–water partition coefficient (Wildman–Crippen LogP) is 3.76. The van der Waals surface area contributed by atoms with Crippen molar-refractivity contribution in [1.29, 1.82) is 0 Å². The molecule has 3 rings (SSSR count). The van der Waals surface area contributed by atoms with Crippen molar-refractivity contribution in [3.05, 3.63) is 28.4 Å². The lowest BCUT2D eigenvalue weighted by atomic mass is 10.1. The van der Waals surface area contributed by atoms with Gasteiger partial charge in [-0.3, -0.25) is 0 Å². The second-order valence-corrected chi connectivity index (χ2v) is 8.12. The van der Waals surface area contributed by atoms with Crippen LogP contribution in [-0.2, 0) is 4.74 Å². The Morgan fingerprint density at radius 3 is 2.48 bits per heavy atom. The molecule has 1 aromatic heterocycles. The number of nitrogens with zero attached hydrogens (tertiary/aromatic N) is 4. The molecule has 2 aromatic rings. The molecule has 0 aliphatic carbocycles. The van der Waals surface area contributed by atoms with E-state index in [9.17, 15) is 4.79 Å². The van der Waals surface area contributed by atoms with Crippen molar-refractivity contribution >= 4 is 38.6 Å². The molecule has 0 bridgehead atoms. The number of ether oxygens (including phenoxy) is 1. The van der Waals surface area contributed by atoms with Crippen molar-refractivity contribution in [2.45, 2.75) is 33.3 Å². The van der Waals surface area contributed by atoms with E-state index >= 15 is 0 Å². The van der Waals surface area contributed by atoms with Crippen LogP contribution in [-0.4, -0.2) is 53.0 Å². The Labute approximate surface area is 156 Å². The summed E-state index contributed by atoms with van der Waals surface area (Å²) in [6, 6.07) is 6.15. The first kappa shape index (κ1) is 17.9. The Bertz CT molecular complexity index is 795. The summed E-state index contributed by atoms with van der Waals surface area (Å²) in [5.41, 5.74) is 2.41. The molecule has 0 atom stereocenters. The van der Waals surface area contributed by atoms with Crippen LogP contribution in [0.15, 0.2) is 22.7 Å². The normalized spacial score (nSPS) is 15.6. The SMILES string of the molecule is Cc1cc2c(N3CCN(C(=O)OC(C)(C)C)CC3)ccc(Br)c2nn1. The minimum absolute atomic E-state index is 0.241. The van der Waals surface area contributed by atoms with E-state index in [4.69, 9.17) is 4.74 Å². The van der Waals surface area contributed by atoms with Gasteiger partial charge >= 0.3 is 6.09 Å². The lowest BCUT2D eigenvalue weighted by Gasteiger charge is -2.37. The molecular weight excluding hydrogens is 384 g/mol. The largest absolute Gasteiger partial charge is 0.444 e. The summed E-state index contributed by atoms with van der Waals surface area (Å²) >= 11 is 3.55. The van der Waals surface area contributed by atoms with Gasteiger partial charge in [0, 0.05) is 41.7 Å². The van der Waals surface area contributed by atoms with Crippen molar-refractivity contribution in [2.24, 2.45) is 0 Å². The van der Waals surface area contributed by atoms with E-state index < -0.39 is 5.60 Å². The fraction of sp³-hybridized carbons (Fsp3) is 0.500. The zero-order valence-electron chi connectivity index (χ0n) is 15.0. The minimum Gasteiger partial charge on any atom is -0.444 e. The second kappa shape index (κ2) is 6.78. The number of carbonyl (C=O) groups excluding carboxylic acids is 1. The zero-order valence-corrected chi connectivity index (χ0v) is 16.6. The van der Waals surface area contributed by atoms with Crippen molar-refractivity contribution < 1.29 is 9.53 Å². The highest BCUT2D eigenvalue weighted by Gasteiger charge is 2.26. The van der Waals surface area contributed by atoms with E-state index in [1.54, 1.807) is 4.90 Å². The highest BCUT2D eigenvalue weighted by Crippen LogP contribution is 2.31. The molecule has 0 N–H and O–H groups in total. The lowest BCUT2D eigenvalue weighted by molar-refractivity contribution is 0.0241. The van der Waals surface area contributed by atoms with Gasteiger partial charge in [-0.25, -0.2) is 4.79 Å². The number of piperazine rings is 1. The predicted molar refractivity (Wildman–Crippen MR) is 102 cm³/mol. The monoisotopic (exact) mass is 406 g/mol. The number of fused-ring (bicyclic) bond motifs is 1. The lowest BCUT2D eigenvalue weighted by Crippen LogP contribution is -2.50. The third-order valence-electron chi connectivity index (χ3n) is 4.08. The van der Waals surface area contributed by atoms with Gasteiger partial charge in [-0.2, -0.15) is 5.10 Å². The van der Waals surface area contributed by atoms with Gasteiger partial charge < -0.3 is 14.5 Å². The summed E-state index contributed by atoms with van der Waals surface area (Å²) in [6.07, 6.45) is -0.241. The van der Waals surface area contributed by atoms with Crippen molar-refractivity contribution in [3.63, 3.8) is 0 Å². The average Bonchev–Trinajstić information content (AvgIpc) is 2.54. The van der Waals surface area contributed by atoms with E-state index in [-0.39, 0.29) is 6.09 Å². The van der Waals surface area contributed by atoms with Crippen LogP contribution < -0.4 is 4.90 Å². The van der Waals surface area contributed by atoms with Gasteiger partial charge in [0.25, 0.3) is 0 Å². The van der Waals surface area contributed by atoms with E-state index in [1.165, 1.54) is 0 Å². The Morgan fingerprint density at radius 2 is 1.84 bits per heavy atom. The number of aryl methyl sites for hydroxylation is 1. The molecule has 0 radical (unpaired) electrons. The number of hydrogen-bond acceptors (Lipinski definition) is 5. The first-order valence-corrected chi connectivity index (χ1v) is 9.19. The molecular formula is C18H23BrN4O2. The standard InChI is InChI=1S/C18H23BrN4O2/c1-12-11-13-15(6-5-14(19)16(13)21-20-12)22-7-9-23(10-8-22)17(24)25-18(2,3)4/h5-6,11H,7-10H2,1-4H3. The third-order valence-corrected chi connectivity index (χ3v) is 4.72. The van der Waals surface area contributed by atoms with Crippen LogP contribution in [0, 0.1) is 6.92 Å². The van der Waals surface area contributed by atoms with Gasteiger partial charge in [0.05, 0.1) is 5.69 Å². The summed E-state index contributed by atoms with van der Waals surface area (Å²) < 4.78 is 6.40. The summed E-state index contributed by atoms with van der Waals surface area (Å²) in [5.74, 6) is 0. The molecule has 134 valence electrons. The molecule has 1 saturated heterocycles. The summed E-state index contributed by atoms with van der Waals surface area (Å²) in [4.78, 5) is 16.3. The van der Waals surface area contributed by atoms with E-state index in [0.29, 0.717) is 13.1 Å². The van der Waals surface area contributed by atoms with Crippen LogP contribution in [0.2, 0.25) is 0 Å². The summed E-state index contributed by atoms with van der Waals surface area (Å²) in [6.45, 7) is 10.4. The number of aromatic nitrogens is 2. The molecule has 2 heterocycles. The first-order valence-electron chi connectivity index (χ1n) is 8.40. The number of halogens is 1. The Kier molecular flexibility index (Phi) is 4.86. The number of anilines is 1. The van der Waals surface area contributed by atoms with Crippen LogP contribution in [0.25, 0.3) is 10.9 Å². The van der Waals surface area contributed by atoms with Gasteiger partial charge in [-0.1, -0.05) is 0 Å². The molecule has 1 aromatic carbocycles. The van der Waals surface area contributed by atoms with Crippen LogP contribution in [0.3, 0.4) is 0 Å². The maximum atomic E-state index is 12.2. The molecule has 0 spiro atoms. The molecule has 7 heteroatoms. The van der Waals surface area contributed by atoms with Crippen LogP contribution in [0.5, 0.6) is 0 Å². The highest BCUT2D eigenvalue weighted by molar-refractivity contribution is 9.10. The number of carbonyl (C=O) groups is 1. The molecule has 1 aliphatic rings. The number of hydrogen-bond donors (Lipinski definition) is 0. The molecule has 0 unspecified atom stereocenters. The number of rotatable bonds is 1. The minimum atomic E-state index is -0.466. The number of amides is 1. The fourth-order valence-electron chi connectivity index (χ4n) is 2.91. The van der Waals surface area contributed by atoms with E-state index in [2.05, 4.69) is 43.2 Å². The van der Waals surface area contributed by atoms with Crippen molar-refractivity contribution in [1.82, 2.24) is 15.1 Å². The van der Waals surface area contributed by atoms with Gasteiger partial charge in [-0.05, 0) is 61.8 Å². The molecule has 1 aliphatic heterocycles. The van der Waals surface area contributed by atoms with Crippen molar-refractivity contribution in [3.8, 4) is 0 Å². The maximum Gasteiger partial charge on any atom is 0.410 e. The number of benzene rings is 1. The van der Waals surface area contributed by atoms with Crippen LogP contribution in [0.4, 0.5) is 10.5 Å². The average molecular weight is 407 g/mol. The molecule has 1 amide bonds. The van der Waals surface area contributed by atoms with Gasteiger partial charge in [0.15, 0.2) is 0 Å². The van der Waals surface area contributed by atoms with Crippen LogP contribution >= 0.6 is 15.9 Å². The molecule has 0 saturated carbocycles. The topological polar surface area (TPSA) is 58.6 Å². The zero-order chi connectivity index (χ0) is 18.2. The third kappa shape index (κ3) is 4.03. The summed E-state index contributed by atoms with van der Waals surface area (Å²) in [7, 11) is 0. The van der Waals surface area contributed by atoms with Gasteiger partial charge in [0.1, 0.15) is 11.1 Å².